The SMILES string of the molecule is CCc1ccc(C2NC(=S)N(c3cccc(C)c3)C(C)=C2c2nc(-c3ccccc3)no2)cc1. The average molecular weight is 467 g/mol. The Labute approximate surface area is 205 Å². The molecule has 0 amide bonds. The number of hydrogen-bond acceptors (Lipinski definition) is 4. The lowest BCUT2D eigenvalue weighted by Crippen LogP contribution is -2.46. The molecule has 1 N–H and O–H groups in total. The van der Waals surface area contributed by atoms with Crippen LogP contribution in [0.25, 0.3) is 17.0 Å². The molecule has 0 saturated carbocycles. The van der Waals surface area contributed by atoms with Gasteiger partial charge in [0.2, 0.25) is 5.82 Å². The van der Waals surface area contributed by atoms with Gasteiger partial charge >= 0.3 is 0 Å². The van der Waals surface area contributed by atoms with Crippen LogP contribution in [0.2, 0.25) is 0 Å². The Morgan fingerprint density at radius 2 is 1.74 bits per heavy atom. The Kier molecular flexibility index (Phi) is 5.99. The molecule has 6 heteroatoms. The molecule has 0 radical (unpaired) electrons. The second kappa shape index (κ2) is 9.23. The fourth-order valence-electron chi connectivity index (χ4n) is 4.33. The van der Waals surface area contributed by atoms with Crippen molar-refractivity contribution in [2.45, 2.75) is 33.2 Å². The van der Waals surface area contributed by atoms with Crippen molar-refractivity contribution in [2.75, 3.05) is 4.90 Å². The van der Waals surface area contributed by atoms with E-state index in [-0.39, 0.29) is 6.04 Å². The number of anilines is 1. The van der Waals surface area contributed by atoms with Gasteiger partial charge in [0, 0.05) is 16.9 Å². The van der Waals surface area contributed by atoms with Crippen molar-refractivity contribution in [1.82, 2.24) is 15.5 Å². The lowest BCUT2D eigenvalue weighted by Gasteiger charge is -2.37. The van der Waals surface area contributed by atoms with E-state index in [1.54, 1.807) is 0 Å². The fourth-order valence-corrected chi connectivity index (χ4v) is 4.69. The zero-order valence-corrected chi connectivity index (χ0v) is 20.3. The molecule has 1 atom stereocenters. The standard InChI is InChI=1S/C28H26N4OS/c1-4-20-13-15-21(16-14-20)25-24(27-30-26(31-33-27)22-10-6-5-7-11-22)19(3)32(28(34)29-25)23-12-8-9-18(2)17-23/h5-17,25H,4H2,1-3H3,(H,29,34). The number of benzene rings is 3. The molecule has 0 spiro atoms. The van der Waals surface area contributed by atoms with E-state index in [1.165, 1.54) is 5.56 Å². The number of nitrogens with zero attached hydrogens (tertiary/aromatic N) is 3. The van der Waals surface area contributed by atoms with Gasteiger partial charge in [-0.05, 0) is 61.3 Å². The van der Waals surface area contributed by atoms with Crippen LogP contribution >= 0.6 is 12.2 Å². The second-order valence-electron chi connectivity index (χ2n) is 8.44. The minimum absolute atomic E-state index is 0.205. The number of rotatable bonds is 5. The van der Waals surface area contributed by atoms with Crippen molar-refractivity contribution in [1.29, 1.82) is 0 Å². The van der Waals surface area contributed by atoms with Gasteiger partial charge in [-0.1, -0.05) is 78.8 Å². The molecule has 0 aliphatic carbocycles. The first-order valence-corrected chi connectivity index (χ1v) is 11.8. The van der Waals surface area contributed by atoms with Gasteiger partial charge in [-0.2, -0.15) is 4.98 Å². The van der Waals surface area contributed by atoms with Crippen LogP contribution < -0.4 is 10.2 Å². The van der Waals surface area contributed by atoms with Crippen LogP contribution in [-0.4, -0.2) is 15.3 Å². The highest BCUT2D eigenvalue weighted by Crippen LogP contribution is 2.39. The number of thiocarbonyl (C=S) groups is 1. The van der Waals surface area contributed by atoms with Crippen LogP contribution in [0.4, 0.5) is 5.69 Å². The first kappa shape index (κ1) is 22.0. The third-order valence-electron chi connectivity index (χ3n) is 6.15. The van der Waals surface area contributed by atoms with Crippen LogP contribution in [0.3, 0.4) is 0 Å². The van der Waals surface area contributed by atoms with Crippen LogP contribution in [0, 0.1) is 6.92 Å². The molecule has 5 nitrogen and oxygen atoms in total. The maximum absolute atomic E-state index is 5.85. The van der Waals surface area contributed by atoms with Crippen molar-refractivity contribution in [3.05, 3.63) is 107 Å². The molecule has 34 heavy (non-hydrogen) atoms. The minimum atomic E-state index is -0.205. The third kappa shape index (κ3) is 4.13. The molecule has 1 aliphatic rings. The molecule has 1 aromatic heterocycles. The van der Waals surface area contributed by atoms with E-state index < -0.39 is 0 Å². The monoisotopic (exact) mass is 466 g/mol. The topological polar surface area (TPSA) is 54.2 Å². The first-order valence-electron chi connectivity index (χ1n) is 11.4. The number of allylic oxidation sites excluding steroid dienone is 1. The normalized spacial score (nSPS) is 16.0. The van der Waals surface area contributed by atoms with E-state index in [2.05, 4.69) is 73.7 Å². The highest BCUT2D eigenvalue weighted by Gasteiger charge is 2.34. The summed E-state index contributed by atoms with van der Waals surface area (Å²) in [4.78, 5) is 6.83. The Balaban J connectivity index is 1.65. The number of nitrogens with one attached hydrogen (secondary N) is 1. The average Bonchev–Trinajstić information content (AvgIpc) is 3.34. The molecule has 0 bridgehead atoms. The quantitative estimate of drug-likeness (QED) is 0.340. The van der Waals surface area contributed by atoms with Gasteiger partial charge in [-0.3, -0.25) is 4.90 Å². The summed E-state index contributed by atoms with van der Waals surface area (Å²) in [5.74, 6) is 1.04. The van der Waals surface area contributed by atoms with Crippen LogP contribution in [0.15, 0.2) is 89.1 Å². The van der Waals surface area contributed by atoms with Crippen LogP contribution in [0.5, 0.6) is 0 Å². The summed E-state index contributed by atoms with van der Waals surface area (Å²) >= 11 is 5.85. The third-order valence-corrected chi connectivity index (χ3v) is 6.45. The Bertz CT molecular complexity index is 1360. The van der Waals surface area contributed by atoms with E-state index in [0.29, 0.717) is 16.8 Å². The van der Waals surface area contributed by atoms with E-state index in [9.17, 15) is 0 Å². The number of aryl methyl sites for hydroxylation is 2. The lowest BCUT2D eigenvalue weighted by molar-refractivity contribution is 0.404. The van der Waals surface area contributed by atoms with E-state index in [0.717, 1.165) is 40.1 Å². The molecule has 5 rings (SSSR count). The zero-order valence-electron chi connectivity index (χ0n) is 19.4. The summed E-state index contributed by atoms with van der Waals surface area (Å²) in [6, 6.07) is 26.5. The predicted octanol–water partition coefficient (Wildman–Crippen LogP) is 6.47. The Hall–Kier alpha value is -3.77. The molecule has 1 aliphatic heterocycles. The highest BCUT2D eigenvalue weighted by atomic mass is 32.1. The largest absolute Gasteiger partial charge is 0.351 e. The van der Waals surface area contributed by atoms with Crippen molar-refractivity contribution >= 4 is 28.6 Å². The lowest BCUT2D eigenvalue weighted by atomic mass is 9.93. The van der Waals surface area contributed by atoms with Crippen LogP contribution in [-0.2, 0) is 6.42 Å². The first-order chi connectivity index (χ1) is 16.5. The summed E-state index contributed by atoms with van der Waals surface area (Å²) in [6.45, 7) is 6.29. The Morgan fingerprint density at radius 3 is 2.44 bits per heavy atom. The number of aromatic nitrogens is 2. The van der Waals surface area contributed by atoms with Crippen molar-refractivity contribution < 1.29 is 4.52 Å². The van der Waals surface area contributed by atoms with Crippen molar-refractivity contribution in [2.24, 2.45) is 0 Å². The molecule has 1 unspecified atom stereocenters. The maximum Gasteiger partial charge on any atom is 0.258 e. The van der Waals surface area contributed by atoms with Crippen molar-refractivity contribution in [3.63, 3.8) is 0 Å². The summed E-state index contributed by atoms with van der Waals surface area (Å²) in [5.41, 5.74) is 7.32. The highest BCUT2D eigenvalue weighted by molar-refractivity contribution is 7.80. The van der Waals surface area contributed by atoms with Gasteiger partial charge in [0.1, 0.15) is 0 Å². The molecule has 2 heterocycles. The van der Waals surface area contributed by atoms with Gasteiger partial charge in [0.25, 0.3) is 5.89 Å². The van der Waals surface area contributed by atoms with Crippen LogP contribution in [0.1, 0.15) is 42.5 Å². The Morgan fingerprint density at radius 1 is 0.971 bits per heavy atom. The van der Waals surface area contributed by atoms with Gasteiger partial charge in [0.05, 0.1) is 11.6 Å². The summed E-state index contributed by atoms with van der Waals surface area (Å²) in [5, 5.41) is 8.46. The van der Waals surface area contributed by atoms with E-state index in [1.807, 2.05) is 41.3 Å². The summed E-state index contributed by atoms with van der Waals surface area (Å²) in [7, 11) is 0. The number of hydrogen-bond donors (Lipinski definition) is 1. The smallest absolute Gasteiger partial charge is 0.258 e. The van der Waals surface area contributed by atoms with Gasteiger partial charge in [0.15, 0.2) is 5.11 Å². The molecule has 0 saturated heterocycles. The molecule has 0 fully saturated rings. The van der Waals surface area contributed by atoms with E-state index >= 15 is 0 Å². The maximum atomic E-state index is 5.85. The van der Waals surface area contributed by atoms with Gasteiger partial charge in [-0.25, -0.2) is 0 Å². The molecule has 170 valence electrons. The van der Waals surface area contributed by atoms with Gasteiger partial charge < -0.3 is 9.84 Å². The van der Waals surface area contributed by atoms with E-state index in [4.69, 9.17) is 21.7 Å². The molecule has 4 aromatic rings. The van der Waals surface area contributed by atoms with Gasteiger partial charge in [-0.15, -0.1) is 0 Å². The zero-order chi connectivity index (χ0) is 23.7. The minimum Gasteiger partial charge on any atom is -0.351 e. The molecular formula is C28H26N4OS. The molecular weight excluding hydrogens is 440 g/mol. The molecule has 3 aromatic carbocycles. The summed E-state index contributed by atoms with van der Waals surface area (Å²) in [6.07, 6.45) is 0.990. The fraction of sp³-hybridized carbons (Fsp3) is 0.179. The second-order valence-corrected chi connectivity index (χ2v) is 8.83. The van der Waals surface area contributed by atoms with Crippen molar-refractivity contribution in [3.8, 4) is 11.4 Å². The summed E-state index contributed by atoms with van der Waals surface area (Å²) < 4.78 is 5.84. The predicted molar refractivity (Wildman–Crippen MR) is 140 cm³/mol.